The number of aliphatic hydroxyl groups excluding tert-OH is 5. The van der Waals surface area contributed by atoms with E-state index in [0.717, 1.165) is 11.6 Å². The van der Waals surface area contributed by atoms with Crippen LogP contribution in [0.25, 0.3) is 22.3 Å². The van der Waals surface area contributed by atoms with Crippen LogP contribution in [0.4, 0.5) is 0 Å². The normalized spacial score (nSPS) is 31.0. The SMILES string of the molecule is COc1ccc(-c2oc3c(CC=C(C)C)c(O)cc(O)c3c(=O)c2O[C@H]2O[C@H](C)[C@@H](O)[C@H](O)[C@@H]2O[C@@H]2O[C@H](C)[C@@H](O)[C@H](O)[C@@H]2O)cc1. The fraction of sp³-hybridized carbons (Fsp3) is 0.485. The number of benzene rings is 2. The third-order valence-corrected chi connectivity index (χ3v) is 8.37. The minimum absolute atomic E-state index is 0.0929. The van der Waals surface area contributed by atoms with Crippen LogP contribution in [0.5, 0.6) is 23.0 Å². The minimum Gasteiger partial charge on any atom is -0.507 e. The fourth-order valence-corrected chi connectivity index (χ4v) is 5.55. The third kappa shape index (κ3) is 6.68. The second kappa shape index (κ2) is 13.8. The Hall–Kier alpha value is -3.73. The first-order chi connectivity index (χ1) is 22.2. The van der Waals surface area contributed by atoms with Crippen LogP contribution in [0.1, 0.15) is 33.3 Å². The number of methoxy groups -OCH3 is 1. The molecular weight excluding hydrogens is 620 g/mol. The molecule has 0 saturated carbocycles. The van der Waals surface area contributed by atoms with Crippen LogP contribution in [0, 0.1) is 0 Å². The monoisotopic (exact) mass is 660 g/mol. The van der Waals surface area contributed by atoms with Crippen LogP contribution >= 0.6 is 0 Å². The number of phenols is 2. The van der Waals surface area contributed by atoms with Crippen LogP contribution < -0.4 is 14.9 Å². The fourth-order valence-electron chi connectivity index (χ4n) is 5.55. The molecule has 14 nitrogen and oxygen atoms in total. The van der Waals surface area contributed by atoms with E-state index in [1.807, 2.05) is 19.9 Å². The molecule has 2 saturated heterocycles. The van der Waals surface area contributed by atoms with Crippen LogP contribution in [0.3, 0.4) is 0 Å². The maximum absolute atomic E-state index is 14.2. The average Bonchev–Trinajstić information content (AvgIpc) is 3.03. The first-order valence-corrected chi connectivity index (χ1v) is 15.1. The molecule has 2 fully saturated rings. The van der Waals surface area contributed by atoms with E-state index in [0.29, 0.717) is 11.3 Å². The molecule has 5 rings (SSSR count). The molecular formula is C33H40O14. The van der Waals surface area contributed by atoms with Crippen molar-refractivity contribution >= 4 is 11.0 Å². The molecule has 3 heterocycles. The molecule has 0 spiro atoms. The second-order valence-corrected chi connectivity index (χ2v) is 12.0. The van der Waals surface area contributed by atoms with E-state index in [4.69, 9.17) is 28.1 Å². The summed E-state index contributed by atoms with van der Waals surface area (Å²) < 4.78 is 34.9. The van der Waals surface area contributed by atoms with Gasteiger partial charge in [0.15, 0.2) is 18.2 Å². The lowest BCUT2D eigenvalue weighted by Crippen LogP contribution is -2.63. The summed E-state index contributed by atoms with van der Waals surface area (Å²) in [6.45, 7) is 6.61. The quantitative estimate of drug-likeness (QED) is 0.170. The minimum atomic E-state index is -1.77. The standard InChI is InChI=1S/C33H40O14/c1-13(2)6-11-18-19(34)12-20(35)21-24(38)30(28(45-29(18)21)16-7-9-17(42-5)10-8-16)46-33-31(26(40)23(37)15(4)44-33)47-32-27(41)25(39)22(36)14(3)43-32/h6-10,12,14-15,22-23,25-27,31-37,39-41H,11H2,1-5H3/t14-,15-,22-,23-,25+,26+,27+,31+,32+,33-/m1/s1. The van der Waals surface area contributed by atoms with Gasteiger partial charge in [0.05, 0.1) is 19.3 Å². The number of hydrogen-bond acceptors (Lipinski definition) is 14. The molecule has 1 aromatic heterocycles. The highest BCUT2D eigenvalue weighted by atomic mass is 16.8. The van der Waals surface area contributed by atoms with E-state index in [1.165, 1.54) is 21.0 Å². The Morgan fingerprint density at radius 1 is 0.851 bits per heavy atom. The van der Waals surface area contributed by atoms with Crippen LogP contribution in [-0.4, -0.2) is 104 Å². The number of rotatable bonds is 8. The van der Waals surface area contributed by atoms with E-state index in [1.54, 1.807) is 24.3 Å². The molecule has 2 aliphatic heterocycles. The first kappa shape index (κ1) is 34.6. The van der Waals surface area contributed by atoms with Crippen molar-refractivity contribution in [3.63, 3.8) is 0 Å². The topological polar surface area (TPSA) is 218 Å². The van der Waals surface area contributed by atoms with E-state index in [-0.39, 0.29) is 34.5 Å². The van der Waals surface area contributed by atoms with Gasteiger partial charge in [0, 0.05) is 17.2 Å². The summed E-state index contributed by atoms with van der Waals surface area (Å²) in [6.07, 6.45) is -13.0. The van der Waals surface area contributed by atoms with E-state index < -0.39 is 78.3 Å². The number of aliphatic hydroxyl groups is 5. The molecule has 47 heavy (non-hydrogen) atoms. The summed E-state index contributed by atoms with van der Waals surface area (Å²) in [5, 5.41) is 74.0. The van der Waals surface area contributed by atoms with Crippen molar-refractivity contribution in [3.05, 3.63) is 57.8 Å². The Kier molecular flexibility index (Phi) is 10.1. The van der Waals surface area contributed by atoms with Crippen molar-refractivity contribution in [1.82, 2.24) is 0 Å². The Balaban J connectivity index is 1.65. The van der Waals surface area contributed by atoms with Gasteiger partial charge in [-0.25, -0.2) is 0 Å². The highest BCUT2D eigenvalue weighted by Crippen LogP contribution is 2.41. The highest BCUT2D eigenvalue weighted by molar-refractivity contribution is 5.91. The lowest BCUT2D eigenvalue weighted by atomic mass is 9.98. The van der Waals surface area contributed by atoms with Gasteiger partial charge in [-0.15, -0.1) is 0 Å². The van der Waals surface area contributed by atoms with Gasteiger partial charge in [-0.2, -0.15) is 0 Å². The largest absolute Gasteiger partial charge is 0.507 e. The van der Waals surface area contributed by atoms with Crippen LogP contribution in [0.15, 0.2) is 51.2 Å². The van der Waals surface area contributed by atoms with Crippen molar-refractivity contribution in [2.45, 2.75) is 95.5 Å². The van der Waals surface area contributed by atoms with Gasteiger partial charge in [0.2, 0.25) is 17.5 Å². The van der Waals surface area contributed by atoms with Gasteiger partial charge in [0.25, 0.3) is 0 Å². The van der Waals surface area contributed by atoms with Crippen molar-refractivity contribution < 1.29 is 63.8 Å². The van der Waals surface area contributed by atoms with Gasteiger partial charge in [-0.1, -0.05) is 11.6 Å². The lowest BCUT2D eigenvalue weighted by Gasteiger charge is -2.45. The van der Waals surface area contributed by atoms with Crippen molar-refractivity contribution in [2.24, 2.45) is 0 Å². The predicted octanol–water partition coefficient (Wildman–Crippen LogP) is 1.45. The summed E-state index contributed by atoms with van der Waals surface area (Å²) in [5.74, 6) is -0.987. The van der Waals surface area contributed by atoms with Crippen molar-refractivity contribution in [1.29, 1.82) is 0 Å². The zero-order chi connectivity index (χ0) is 34.3. The van der Waals surface area contributed by atoms with Crippen LogP contribution in [-0.2, 0) is 20.6 Å². The van der Waals surface area contributed by atoms with Gasteiger partial charge in [0.1, 0.15) is 58.7 Å². The molecule has 2 aliphatic rings. The van der Waals surface area contributed by atoms with Gasteiger partial charge < -0.3 is 63.8 Å². The zero-order valence-corrected chi connectivity index (χ0v) is 26.4. The lowest BCUT2D eigenvalue weighted by molar-refractivity contribution is -0.352. The number of hydrogen-bond donors (Lipinski definition) is 7. The average molecular weight is 661 g/mol. The molecule has 0 amide bonds. The Morgan fingerprint density at radius 3 is 2.09 bits per heavy atom. The smallest absolute Gasteiger partial charge is 0.239 e. The van der Waals surface area contributed by atoms with E-state index in [2.05, 4.69) is 0 Å². The maximum atomic E-state index is 14.2. The van der Waals surface area contributed by atoms with E-state index in [9.17, 15) is 40.5 Å². The zero-order valence-electron chi connectivity index (χ0n) is 26.4. The number of aromatic hydroxyl groups is 2. The molecule has 14 heteroatoms. The van der Waals surface area contributed by atoms with Gasteiger partial charge in [-0.3, -0.25) is 4.79 Å². The Bertz CT molecular complexity index is 1660. The Labute approximate surface area is 269 Å². The van der Waals surface area contributed by atoms with Crippen LogP contribution in [0.2, 0.25) is 0 Å². The molecule has 2 aromatic carbocycles. The molecule has 0 unspecified atom stereocenters. The number of ether oxygens (including phenoxy) is 5. The molecule has 0 bridgehead atoms. The van der Waals surface area contributed by atoms with Crippen molar-refractivity contribution in [2.75, 3.05) is 7.11 Å². The highest BCUT2D eigenvalue weighted by Gasteiger charge is 2.50. The molecule has 10 atom stereocenters. The first-order valence-electron chi connectivity index (χ1n) is 15.1. The van der Waals surface area contributed by atoms with Gasteiger partial charge >= 0.3 is 0 Å². The summed E-state index contributed by atoms with van der Waals surface area (Å²) >= 11 is 0. The molecule has 0 radical (unpaired) electrons. The summed E-state index contributed by atoms with van der Waals surface area (Å²) in [6, 6.07) is 7.43. The number of phenolic OH excluding ortho intramolecular Hbond substituents is 2. The second-order valence-electron chi connectivity index (χ2n) is 12.0. The third-order valence-electron chi connectivity index (χ3n) is 8.37. The molecule has 256 valence electrons. The Morgan fingerprint density at radius 2 is 1.47 bits per heavy atom. The number of fused-ring (bicyclic) bond motifs is 1. The number of allylic oxidation sites excluding steroid dienone is 2. The van der Waals surface area contributed by atoms with Crippen molar-refractivity contribution in [3.8, 4) is 34.3 Å². The predicted molar refractivity (Wildman–Crippen MR) is 165 cm³/mol. The molecule has 3 aromatic rings. The summed E-state index contributed by atoms with van der Waals surface area (Å²) in [5.41, 5.74) is 0.546. The van der Waals surface area contributed by atoms with Gasteiger partial charge in [-0.05, 0) is 58.4 Å². The van der Waals surface area contributed by atoms with E-state index >= 15 is 0 Å². The summed E-state index contributed by atoms with van der Waals surface area (Å²) in [7, 11) is 1.48. The molecule has 7 N–H and O–H groups in total. The summed E-state index contributed by atoms with van der Waals surface area (Å²) in [4.78, 5) is 14.2. The molecule has 0 aliphatic carbocycles. The maximum Gasteiger partial charge on any atom is 0.239 e.